The fourth-order valence-corrected chi connectivity index (χ4v) is 2.79. The van der Waals surface area contributed by atoms with Gasteiger partial charge in [-0.25, -0.2) is 0 Å². The molecule has 0 bridgehead atoms. The molecule has 1 aromatic rings. The molecule has 1 aromatic carbocycles. The van der Waals surface area contributed by atoms with E-state index >= 15 is 0 Å². The van der Waals surface area contributed by atoms with Gasteiger partial charge in [-0.2, -0.15) is 0 Å². The van der Waals surface area contributed by atoms with Crippen molar-refractivity contribution in [3.63, 3.8) is 0 Å². The molecule has 1 amide bonds. The summed E-state index contributed by atoms with van der Waals surface area (Å²) in [6.07, 6.45) is 4.93. The van der Waals surface area contributed by atoms with Crippen molar-refractivity contribution in [1.82, 2.24) is 5.32 Å². The monoisotopic (exact) mass is 280 g/mol. The number of carbonyl (C=O) groups is 1. The summed E-state index contributed by atoms with van der Waals surface area (Å²) in [6, 6.07) is 4.98. The Balaban J connectivity index is 1.89. The molecule has 104 valence electrons. The lowest BCUT2D eigenvalue weighted by Gasteiger charge is -2.26. The minimum atomic E-state index is -0.129. The molecular weight excluding hydrogens is 260 g/mol. The number of nitrogens with two attached hydrogens (primary N) is 1. The molecular formula is C15H21ClN2O. The highest BCUT2D eigenvalue weighted by Crippen LogP contribution is 2.27. The third-order valence-electron chi connectivity index (χ3n) is 3.92. The van der Waals surface area contributed by atoms with E-state index in [9.17, 15) is 4.79 Å². The first-order valence-electron chi connectivity index (χ1n) is 6.89. The molecule has 3 N–H and O–H groups in total. The van der Waals surface area contributed by atoms with Crippen LogP contribution in [0.3, 0.4) is 0 Å². The van der Waals surface area contributed by atoms with Gasteiger partial charge in [0, 0.05) is 12.2 Å². The average molecular weight is 281 g/mol. The minimum Gasteiger partial charge on any atom is -0.399 e. The van der Waals surface area contributed by atoms with Gasteiger partial charge in [-0.1, -0.05) is 31.4 Å². The zero-order chi connectivity index (χ0) is 13.8. The zero-order valence-corrected chi connectivity index (χ0v) is 12.0. The lowest BCUT2D eigenvalue weighted by atomic mass is 9.83. The normalized spacial score (nSPS) is 23.1. The number of benzene rings is 1. The van der Waals surface area contributed by atoms with E-state index in [1.807, 2.05) is 0 Å². The molecule has 1 aliphatic rings. The second kappa shape index (κ2) is 6.29. The summed E-state index contributed by atoms with van der Waals surface area (Å²) in [5.41, 5.74) is 6.70. The standard InChI is InChI=1S/C15H21ClN2O/c1-10-2-4-11(5-3-10)9-18-15(19)13-8-12(17)6-7-14(13)16/h6-8,10-11H,2-5,9,17H2,1H3,(H,18,19). The highest BCUT2D eigenvalue weighted by molar-refractivity contribution is 6.34. The van der Waals surface area contributed by atoms with E-state index in [1.54, 1.807) is 18.2 Å². The summed E-state index contributed by atoms with van der Waals surface area (Å²) in [6.45, 7) is 3.03. The summed E-state index contributed by atoms with van der Waals surface area (Å²) in [5.74, 6) is 1.30. The van der Waals surface area contributed by atoms with Gasteiger partial charge in [0.15, 0.2) is 0 Å². The first-order valence-corrected chi connectivity index (χ1v) is 7.27. The zero-order valence-electron chi connectivity index (χ0n) is 11.3. The maximum atomic E-state index is 12.1. The molecule has 1 fully saturated rings. The van der Waals surface area contributed by atoms with Gasteiger partial charge in [0.05, 0.1) is 10.6 Å². The van der Waals surface area contributed by atoms with Gasteiger partial charge in [0.25, 0.3) is 5.91 Å². The van der Waals surface area contributed by atoms with Gasteiger partial charge in [-0.3, -0.25) is 4.79 Å². The van der Waals surface area contributed by atoms with Crippen LogP contribution in [-0.4, -0.2) is 12.5 Å². The Kier molecular flexibility index (Phi) is 4.70. The van der Waals surface area contributed by atoms with Crippen LogP contribution in [0.15, 0.2) is 18.2 Å². The molecule has 0 spiro atoms. The van der Waals surface area contributed by atoms with E-state index in [0.29, 0.717) is 22.2 Å². The number of nitrogen functional groups attached to an aromatic ring is 1. The molecule has 0 aliphatic heterocycles. The largest absolute Gasteiger partial charge is 0.399 e. The molecule has 3 nitrogen and oxygen atoms in total. The number of halogens is 1. The van der Waals surface area contributed by atoms with Gasteiger partial charge in [-0.15, -0.1) is 0 Å². The highest BCUT2D eigenvalue weighted by atomic mass is 35.5. The van der Waals surface area contributed by atoms with Crippen LogP contribution in [0.25, 0.3) is 0 Å². The van der Waals surface area contributed by atoms with Crippen LogP contribution in [0.4, 0.5) is 5.69 Å². The van der Waals surface area contributed by atoms with Gasteiger partial charge in [0.2, 0.25) is 0 Å². The van der Waals surface area contributed by atoms with Crippen molar-refractivity contribution in [2.75, 3.05) is 12.3 Å². The topological polar surface area (TPSA) is 55.1 Å². The smallest absolute Gasteiger partial charge is 0.252 e. The van der Waals surface area contributed by atoms with E-state index in [1.165, 1.54) is 25.7 Å². The first kappa shape index (κ1) is 14.2. The summed E-state index contributed by atoms with van der Waals surface area (Å²) in [5, 5.41) is 3.42. The summed E-state index contributed by atoms with van der Waals surface area (Å²) >= 11 is 6.02. The van der Waals surface area contributed by atoms with E-state index in [2.05, 4.69) is 12.2 Å². The lowest BCUT2D eigenvalue weighted by Crippen LogP contribution is -2.31. The highest BCUT2D eigenvalue weighted by Gasteiger charge is 2.19. The van der Waals surface area contributed by atoms with Gasteiger partial charge in [-0.05, 0) is 42.9 Å². The maximum Gasteiger partial charge on any atom is 0.252 e. The molecule has 4 heteroatoms. The van der Waals surface area contributed by atoms with Crippen LogP contribution in [0.1, 0.15) is 43.0 Å². The first-order chi connectivity index (χ1) is 9.06. The number of anilines is 1. The SMILES string of the molecule is CC1CCC(CNC(=O)c2cc(N)ccc2Cl)CC1. The van der Waals surface area contributed by atoms with Crippen molar-refractivity contribution < 1.29 is 4.79 Å². The fourth-order valence-electron chi connectivity index (χ4n) is 2.58. The molecule has 0 unspecified atom stereocenters. The molecule has 0 heterocycles. The summed E-state index contributed by atoms with van der Waals surface area (Å²) in [4.78, 5) is 12.1. The van der Waals surface area contributed by atoms with Crippen molar-refractivity contribution in [1.29, 1.82) is 0 Å². The summed E-state index contributed by atoms with van der Waals surface area (Å²) < 4.78 is 0. The Morgan fingerprint density at radius 1 is 1.37 bits per heavy atom. The quantitative estimate of drug-likeness (QED) is 0.833. The predicted molar refractivity (Wildman–Crippen MR) is 79.3 cm³/mol. The van der Waals surface area contributed by atoms with Crippen molar-refractivity contribution in [3.8, 4) is 0 Å². The van der Waals surface area contributed by atoms with Crippen LogP contribution in [0, 0.1) is 11.8 Å². The fraction of sp³-hybridized carbons (Fsp3) is 0.533. The van der Waals surface area contributed by atoms with Crippen molar-refractivity contribution >= 4 is 23.2 Å². The Labute approximate surface area is 119 Å². The van der Waals surface area contributed by atoms with Crippen LogP contribution in [-0.2, 0) is 0 Å². The van der Waals surface area contributed by atoms with Crippen LogP contribution in [0.2, 0.25) is 5.02 Å². The number of amides is 1. The van der Waals surface area contributed by atoms with Crippen molar-refractivity contribution in [2.45, 2.75) is 32.6 Å². The van der Waals surface area contributed by atoms with E-state index in [4.69, 9.17) is 17.3 Å². The number of hydrogen-bond donors (Lipinski definition) is 2. The third-order valence-corrected chi connectivity index (χ3v) is 4.25. The molecule has 2 rings (SSSR count). The Morgan fingerprint density at radius 2 is 2.05 bits per heavy atom. The summed E-state index contributed by atoms with van der Waals surface area (Å²) in [7, 11) is 0. The van der Waals surface area contributed by atoms with E-state index < -0.39 is 0 Å². The number of carbonyl (C=O) groups excluding carboxylic acids is 1. The van der Waals surface area contributed by atoms with E-state index in [-0.39, 0.29) is 5.91 Å². The maximum absolute atomic E-state index is 12.1. The molecule has 0 radical (unpaired) electrons. The molecule has 0 aromatic heterocycles. The van der Waals surface area contributed by atoms with Crippen LogP contribution >= 0.6 is 11.6 Å². The molecule has 19 heavy (non-hydrogen) atoms. The number of nitrogens with one attached hydrogen (secondary N) is 1. The third kappa shape index (κ3) is 3.87. The number of hydrogen-bond acceptors (Lipinski definition) is 2. The van der Waals surface area contributed by atoms with Gasteiger partial charge < -0.3 is 11.1 Å². The Bertz CT molecular complexity index is 453. The van der Waals surface area contributed by atoms with Crippen LogP contribution in [0.5, 0.6) is 0 Å². The average Bonchev–Trinajstić information content (AvgIpc) is 2.40. The number of rotatable bonds is 3. The second-order valence-corrected chi connectivity index (χ2v) is 5.98. The van der Waals surface area contributed by atoms with Crippen molar-refractivity contribution in [2.24, 2.45) is 11.8 Å². The minimum absolute atomic E-state index is 0.129. The second-order valence-electron chi connectivity index (χ2n) is 5.58. The molecule has 1 saturated carbocycles. The Morgan fingerprint density at radius 3 is 2.74 bits per heavy atom. The molecule has 0 saturated heterocycles. The molecule has 1 aliphatic carbocycles. The van der Waals surface area contributed by atoms with Crippen molar-refractivity contribution in [3.05, 3.63) is 28.8 Å². The molecule has 0 atom stereocenters. The van der Waals surface area contributed by atoms with E-state index in [0.717, 1.165) is 12.5 Å². The predicted octanol–water partition coefficient (Wildman–Crippen LogP) is 3.48. The van der Waals surface area contributed by atoms with Gasteiger partial charge in [0.1, 0.15) is 0 Å². The van der Waals surface area contributed by atoms with Gasteiger partial charge >= 0.3 is 0 Å². The lowest BCUT2D eigenvalue weighted by molar-refractivity contribution is 0.0942. The van der Waals surface area contributed by atoms with Crippen LogP contribution < -0.4 is 11.1 Å². The Hall–Kier alpha value is -1.22.